The molecule has 5 heteroatoms. The van der Waals surface area contributed by atoms with Crippen LogP contribution >= 0.6 is 0 Å². The Morgan fingerprint density at radius 3 is 2.68 bits per heavy atom. The predicted octanol–water partition coefficient (Wildman–Crippen LogP) is 3.71. The van der Waals surface area contributed by atoms with Gasteiger partial charge in [0.05, 0.1) is 13.2 Å². The maximum atomic E-state index is 12.2. The van der Waals surface area contributed by atoms with Crippen molar-refractivity contribution in [1.29, 1.82) is 0 Å². The molecule has 1 aromatic carbocycles. The first kappa shape index (κ1) is 14.3. The smallest absolute Gasteiger partial charge is 0.372 e. The van der Waals surface area contributed by atoms with Gasteiger partial charge in [-0.05, 0) is 36.6 Å². The van der Waals surface area contributed by atoms with E-state index in [1.54, 1.807) is 7.05 Å². The van der Waals surface area contributed by atoms with Crippen LogP contribution in [0.2, 0.25) is 0 Å². The highest BCUT2D eigenvalue weighted by Crippen LogP contribution is 2.28. The van der Waals surface area contributed by atoms with E-state index in [9.17, 15) is 13.2 Å². The van der Waals surface area contributed by atoms with Crippen molar-refractivity contribution in [2.75, 3.05) is 7.05 Å². The standard InChI is InChI=1S/C14H18F3NO/c1-18-13(3-2-6-14(15,16)17)10-4-5-11-8-19-9-12(11)7-10/h4-5,7,13,18H,2-3,6,8-9H2,1H3. The van der Waals surface area contributed by atoms with Gasteiger partial charge in [-0.3, -0.25) is 0 Å². The molecule has 2 rings (SSSR count). The third-order valence-electron chi connectivity index (χ3n) is 3.45. The SMILES string of the molecule is CNC(CCCC(F)(F)F)c1ccc2c(c1)COC2. The lowest BCUT2D eigenvalue weighted by Gasteiger charge is -2.18. The minimum atomic E-state index is -4.07. The van der Waals surface area contributed by atoms with Gasteiger partial charge in [0.15, 0.2) is 0 Å². The first-order chi connectivity index (χ1) is 8.99. The van der Waals surface area contributed by atoms with Crippen molar-refractivity contribution >= 4 is 0 Å². The minimum absolute atomic E-state index is 0.0340. The number of hydrogen-bond donors (Lipinski definition) is 1. The number of alkyl halides is 3. The molecular formula is C14H18F3NO. The van der Waals surface area contributed by atoms with Crippen molar-refractivity contribution in [3.05, 3.63) is 34.9 Å². The van der Waals surface area contributed by atoms with Crippen LogP contribution < -0.4 is 5.32 Å². The molecule has 1 N–H and O–H groups in total. The number of nitrogens with one attached hydrogen (secondary N) is 1. The van der Waals surface area contributed by atoms with Gasteiger partial charge in [-0.1, -0.05) is 18.2 Å². The molecule has 1 aromatic rings. The Bertz CT molecular complexity index is 431. The fraction of sp³-hybridized carbons (Fsp3) is 0.571. The van der Waals surface area contributed by atoms with Gasteiger partial charge in [0.1, 0.15) is 0 Å². The van der Waals surface area contributed by atoms with Gasteiger partial charge < -0.3 is 10.1 Å². The van der Waals surface area contributed by atoms with Crippen molar-refractivity contribution < 1.29 is 17.9 Å². The second-order valence-electron chi connectivity index (χ2n) is 4.87. The highest BCUT2D eigenvalue weighted by Gasteiger charge is 2.26. The van der Waals surface area contributed by atoms with Gasteiger partial charge in [0.25, 0.3) is 0 Å². The van der Waals surface area contributed by atoms with Crippen molar-refractivity contribution in [3.63, 3.8) is 0 Å². The molecule has 2 nitrogen and oxygen atoms in total. The Labute approximate surface area is 111 Å². The molecule has 1 aliphatic heterocycles. The minimum Gasteiger partial charge on any atom is -0.372 e. The van der Waals surface area contributed by atoms with Crippen LogP contribution in [-0.4, -0.2) is 13.2 Å². The molecule has 0 saturated heterocycles. The van der Waals surface area contributed by atoms with Crippen LogP contribution in [0.1, 0.15) is 42.0 Å². The fourth-order valence-electron chi connectivity index (χ4n) is 2.39. The van der Waals surface area contributed by atoms with Gasteiger partial charge in [0, 0.05) is 12.5 Å². The second kappa shape index (κ2) is 5.92. The third kappa shape index (κ3) is 3.94. The van der Waals surface area contributed by atoms with E-state index in [0.717, 1.165) is 11.1 Å². The van der Waals surface area contributed by atoms with E-state index in [2.05, 4.69) is 5.32 Å². The lowest BCUT2D eigenvalue weighted by Crippen LogP contribution is -2.17. The maximum Gasteiger partial charge on any atom is 0.389 e. The van der Waals surface area contributed by atoms with Gasteiger partial charge in [-0.15, -0.1) is 0 Å². The number of ether oxygens (including phenoxy) is 1. The molecule has 0 bridgehead atoms. The fourth-order valence-corrected chi connectivity index (χ4v) is 2.39. The van der Waals surface area contributed by atoms with Crippen LogP contribution in [0.15, 0.2) is 18.2 Å². The van der Waals surface area contributed by atoms with Crippen LogP contribution in [0, 0.1) is 0 Å². The zero-order valence-electron chi connectivity index (χ0n) is 10.9. The van der Waals surface area contributed by atoms with E-state index in [-0.39, 0.29) is 12.5 Å². The number of benzene rings is 1. The van der Waals surface area contributed by atoms with E-state index in [1.807, 2.05) is 18.2 Å². The van der Waals surface area contributed by atoms with Crippen molar-refractivity contribution in [2.45, 2.75) is 44.7 Å². The Hall–Kier alpha value is -1.07. The Balaban J connectivity index is 1.97. The highest BCUT2D eigenvalue weighted by atomic mass is 19.4. The third-order valence-corrected chi connectivity index (χ3v) is 3.45. The van der Waals surface area contributed by atoms with Crippen LogP contribution in [0.4, 0.5) is 13.2 Å². The average molecular weight is 273 g/mol. The second-order valence-corrected chi connectivity index (χ2v) is 4.87. The molecule has 106 valence electrons. The summed E-state index contributed by atoms with van der Waals surface area (Å²) in [6.07, 6.45) is -4.17. The zero-order chi connectivity index (χ0) is 13.9. The van der Waals surface area contributed by atoms with E-state index >= 15 is 0 Å². The molecule has 1 atom stereocenters. The van der Waals surface area contributed by atoms with Crippen molar-refractivity contribution in [2.24, 2.45) is 0 Å². The molecule has 0 radical (unpaired) electrons. The Morgan fingerprint density at radius 1 is 1.26 bits per heavy atom. The number of fused-ring (bicyclic) bond motifs is 1. The summed E-state index contributed by atoms with van der Waals surface area (Å²) in [6, 6.07) is 5.98. The van der Waals surface area contributed by atoms with Gasteiger partial charge >= 0.3 is 6.18 Å². The summed E-state index contributed by atoms with van der Waals surface area (Å²) in [7, 11) is 1.78. The predicted molar refractivity (Wildman–Crippen MR) is 66.6 cm³/mol. The topological polar surface area (TPSA) is 21.3 Å². The van der Waals surface area contributed by atoms with E-state index in [4.69, 9.17) is 4.74 Å². The molecule has 1 heterocycles. The van der Waals surface area contributed by atoms with Gasteiger partial charge in [0.2, 0.25) is 0 Å². The molecule has 1 aliphatic rings. The number of rotatable bonds is 5. The molecule has 0 aliphatic carbocycles. The van der Waals surface area contributed by atoms with E-state index in [1.165, 1.54) is 5.56 Å². The molecule has 1 unspecified atom stereocenters. The number of halogens is 3. The Morgan fingerprint density at radius 2 is 2.00 bits per heavy atom. The Kier molecular flexibility index (Phi) is 4.47. The van der Waals surface area contributed by atoms with Crippen LogP contribution in [0.25, 0.3) is 0 Å². The van der Waals surface area contributed by atoms with Gasteiger partial charge in [-0.2, -0.15) is 13.2 Å². The monoisotopic (exact) mass is 273 g/mol. The number of hydrogen-bond acceptors (Lipinski definition) is 2. The molecule has 0 spiro atoms. The molecular weight excluding hydrogens is 255 g/mol. The summed E-state index contributed by atoms with van der Waals surface area (Å²) >= 11 is 0. The molecule has 0 fully saturated rings. The largest absolute Gasteiger partial charge is 0.389 e. The molecule has 19 heavy (non-hydrogen) atoms. The molecule has 0 saturated carbocycles. The lowest BCUT2D eigenvalue weighted by atomic mass is 9.97. The van der Waals surface area contributed by atoms with Crippen LogP contribution in [0.3, 0.4) is 0 Å². The van der Waals surface area contributed by atoms with E-state index in [0.29, 0.717) is 19.6 Å². The highest BCUT2D eigenvalue weighted by molar-refractivity contribution is 5.34. The van der Waals surface area contributed by atoms with Crippen LogP contribution in [-0.2, 0) is 18.0 Å². The summed E-state index contributed by atoms with van der Waals surface area (Å²) < 4.78 is 41.8. The lowest BCUT2D eigenvalue weighted by molar-refractivity contribution is -0.135. The summed E-state index contributed by atoms with van der Waals surface area (Å²) in [5.41, 5.74) is 3.36. The van der Waals surface area contributed by atoms with E-state index < -0.39 is 12.6 Å². The van der Waals surface area contributed by atoms with Crippen LogP contribution in [0.5, 0.6) is 0 Å². The molecule has 0 amide bonds. The summed E-state index contributed by atoms with van der Waals surface area (Å²) in [4.78, 5) is 0. The summed E-state index contributed by atoms with van der Waals surface area (Å²) in [5.74, 6) is 0. The quantitative estimate of drug-likeness (QED) is 0.883. The first-order valence-corrected chi connectivity index (χ1v) is 6.43. The first-order valence-electron chi connectivity index (χ1n) is 6.43. The zero-order valence-corrected chi connectivity index (χ0v) is 10.9. The van der Waals surface area contributed by atoms with Gasteiger partial charge in [-0.25, -0.2) is 0 Å². The van der Waals surface area contributed by atoms with Crippen molar-refractivity contribution in [3.8, 4) is 0 Å². The molecule has 0 aromatic heterocycles. The maximum absolute atomic E-state index is 12.2. The van der Waals surface area contributed by atoms with Crippen molar-refractivity contribution in [1.82, 2.24) is 5.32 Å². The summed E-state index contributed by atoms with van der Waals surface area (Å²) in [5, 5.41) is 3.09. The average Bonchev–Trinajstić information content (AvgIpc) is 2.80. The normalized spacial score (nSPS) is 16.4. The summed E-state index contributed by atoms with van der Waals surface area (Å²) in [6.45, 7) is 1.23.